The molecule has 2 atom stereocenters. The van der Waals surface area contributed by atoms with Crippen LogP contribution in [0.25, 0.3) is 0 Å². The standard InChI is InChI=1S/C15H23NO4/c1-9(2)12-7-11(10(3)20-12)14(18)16-6-5-15(4,19)13(17)8-16/h7,9,13,17,19H,5-6,8H2,1-4H3/t13-,15+/m1/s1. The van der Waals surface area contributed by atoms with E-state index < -0.39 is 11.7 Å². The molecule has 1 aromatic heterocycles. The third-order valence-corrected chi connectivity index (χ3v) is 4.02. The number of likely N-dealkylation sites (tertiary alicyclic amines) is 1. The number of hydrogen-bond acceptors (Lipinski definition) is 4. The lowest BCUT2D eigenvalue weighted by molar-refractivity contribution is -0.0999. The van der Waals surface area contributed by atoms with Crippen molar-refractivity contribution in [2.45, 2.75) is 51.7 Å². The predicted molar refractivity (Wildman–Crippen MR) is 74.7 cm³/mol. The van der Waals surface area contributed by atoms with Crippen LogP contribution in [0.2, 0.25) is 0 Å². The second-order valence-electron chi connectivity index (χ2n) is 6.15. The molecule has 2 N–H and O–H groups in total. The lowest BCUT2D eigenvalue weighted by Crippen LogP contribution is -2.55. The van der Waals surface area contributed by atoms with Crippen molar-refractivity contribution in [2.24, 2.45) is 0 Å². The van der Waals surface area contributed by atoms with Gasteiger partial charge < -0.3 is 19.5 Å². The number of hydrogen-bond donors (Lipinski definition) is 2. The fraction of sp³-hybridized carbons (Fsp3) is 0.667. The maximum absolute atomic E-state index is 12.5. The smallest absolute Gasteiger partial charge is 0.257 e. The van der Waals surface area contributed by atoms with Crippen molar-refractivity contribution >= 4 is 5.91 Å². The molecule has 0 aliphatic carbocycles. The Morgan fingerprint density at radius 3 is 2.70 bits per heavy atom. The summed E-state index contributed by atoms with van der Waals surface area (Å²) < 4.78 is 5.60. The van der Waals surface area contributed by atoms with Crippen molar-refractivity contribution in [3.05, 3.63) is 23.2 Å². The largest absolute Gasteiger partial charge is 0.465 e. The Bertz CT molecular complexity index is 504. The predicted octanol–water partition coefficient (Wildman–Crippen LogP) is 1.67. The zero-order valence-electron chi connectivity index (χ0n) is 12.5. The van der Waals surface area contributed by atoms with Crippen LogP contribution in [0.1, 0.15) is 55.0 Å². The Labute approximate surface area is 119 Å². The van der Waals surface area contributed by atoms with E-state index in [1.165, 1.54) is 0 Å². The zero-order valence-corrected chi connectivity index (χ0v) is 12.5. The average Bonchev–Trinajstić information content (AvgIpc) is 2.74. The van der Waals surface area contributed by atoms with E-state index in [9.17, 15) is 15.0 Å². The molecule has 0 saturated carbocycles. The van der Waals surface area contributed by atoms with E-state index in [0.29, 0.717) is 24.3 Å². The third kappa shape index (κ3) is 2.74. The molecule has 0 radical (unpaired) electrons. The van der Waals surface area contributed by atoms with Crippen molar-refractivity contribution in [2.75, 3.05) is 13.1 Å². The number of aliphatic hydroxyl groups excluding tert-OH is 1. The number of aryl methyl sites for hydroxylation is 1. The SMILES string of the molecule is Cc1oc(C(C)C)cc1C(=O)N1CC[C@](C)(O)[C@H](O)C1. The molecule has 1 aliphatic heterocycles. The van der Waals surface area contributed by atoms with Gasteiger partial charge in [-0.15, -0.1) is 0 Å². The lowest BCUT2D eigenvalue weighted by Gasteiger charge is -2.39. The Morgan fingerprint density at radius 2 is 2.20 bits per heavy atom. The number of piperidine rings is 1. The number of nitrogens with zero attached hydrogens (tertiary/aromatic N) is 1. The van der Waals surface area contributed by atoms with Gasteiger partial charge in [0.05, 0.1) is 17.3 Å². The molecule has 2 heterocycles. The van der Waals surface area contributed by atoms with Crippen molar-refractivity contribution in [3.8, 4) is 0 Å². The summed E-state index contributed by atoms with van der Waals surface area (Å²) in [6.07, 6.45) is -0.551. The number of β-amino-alcohol motifs (C(OH)–C–C–N with tert-alkyl or cyclic N) is 1. The second kappa shape index (κ2) is 5.22. The van der Waals surface area contributed by atoms with Crippen LogP contribution in [-0.2, 0) is 0 Å². The van der Waals surface area contributed by atoms with Crippen LogP contribution in [0.15, 0.2) is 10.5 Å². The first-order chi connectivity index (χ1) is 9.22. The van der Waals surface area contributed by atoms with Gasteiger partial charge in [-0.3, -0.25) is 4.79 Å². The Morgan fingerprint density at radius 1 is 1.55 bits per heavy atom. The summed E-state index contributed by atoms with van der Waals surface area (Å²) >= 11 is 0. The summed E-state index contributed by atoms with van der Waals surface area (Å²) in [5.41, 5.74) is -0.576. The molecule has 0 unspecified atom stereocenters. The molecule has 5 heteroatoms. The summed E-state index contributed by atoms with van der Waals surface area (Å²) in [4.78, 5) is 14.1. The molecule has 0 spiro atoms. The minimum absolute atomic E-state index is 0.146. The molecular weight excluding hydrogens is 258 g/mol. The molecule has 1 amide bonds. The van der Waals surface area contributed by atoms with Gasteiger partial charge in [-0.05, 0) is 26.3 Å². The van der Waals surface area contributed by atoms with Crippen LogP contribution in [0.5, 0.6) is 0 Å². The van der Waals surface area contributed by atoms with Crippen LogP contribution < -0.4 is 0 Å². The summed E-state index contributed by atoms with van der Waals surface area (Å²) in [7, 11) is 0. The summed E-state index contributed by atoms with van der Waals surface area (Å²) in [5, 5.41) is 19.8. The van der Waals surface area contributed by atoms with Gasteiger partial charge in [-0.1, -0.05) is 13.8 Å². The van der Waals surface area contributed by atoms with Crippen LogP contribution in [-0.4, -0.2) is 45.8 Å². The Kier molecular flexibility index (Phi) is 3.93. The summed E-state index contributed by atoms with van der Waals surface area (Å²) in [6, 6.07) is 1.78. The van der Waals surface area contributed by atoms with Crippen molar-refractivity contribution < 1.29 is 19.4 Å². The molecule has 112 valence electrons. The van der Waals surface area contributed by atoms with Crippen LogP contribution in [0, 0.1) is 6.92 Å². The van der Waals surface area contributed by atoms with Gasteiger partial charge in [-0.25, -0.2) is 0 Å². The van der Waals surface area contributed by atoms with Crippen LogP contribution in [0.3, 0.4) is 0 Å². The first kappa shape index (κ1) is 15.1. The normalized spacial score (nSPS) is 27.1. The summed E-state index contributed by atoms with van der Waals surface area (Å²) in [6.45, 7) is 7.97. The highest BCUT2D eigenvalue weighted by Crippen LogP contribution is 2.26. The average molecular weight is 281 g/mol. The molecule has 5 nitrogen and oxygen atoms in total. The van der Waals surface area contributed by atoms with E-state index in [0.717, 1.165) is 5.76 Å². The number of furan rings is 1. The maximum atomic E-state index is 12.5. The molecule has 1 saturated heterocycles. The maximum Gasteiger partial charge on any atom is 0.257 e. The number of carbonyl (C=O) groups excluding carboxylic acids is 1. The van der Waals surface area contributed by atoms with Gasteiger partial charge in [0.1, 0.15) is 11.5 Å². The molecule has 1 aliphatic rings. The van der Waals surface area contributed by atoms with Gasteiger partial charge in [0.25, 0.3) is 5.91 Å². The quantitative estimate of drug-likeness (QED) is 0.865. The van der Waals surface area contributed by atoms with Crippen molar-refractivity contribution in [3.63, 3.8) is 0 Å². The highest BCUT2D eigenvalue weighted by Gasteiger charge is 2.38. The molecule has 0 aromatic carbocycles. The van der Waals surface area contributed by atoms with E-state index >= 15 is 0 Å². The Balaban J connectivity index is 2.16. The molecule has 20 heavy (non-hydrogen) atoms. The highest BCUT2D eigenvalue weighted by atomic mass is 16.3. The van der Waals surface area contributed by atoms with Crippen molar-refractivity contribution in [1.82, 2.24) is 4.90 Å². The van der Waals surface area contributed by atoms with E-state index in [1.807, 2.05) is 13.8 Å². The first-order valence-corrected chi connectivity index (χ1v) is 7.02. The minimum atomic E-state index is -1.12. The zero-order chi connectivity index (χ0) is 15.1. The number of aliphatic hydroxyl groups is 2. The van der Waals surface area contributed by atoms with Gasteiger partial charge in [-0.2, -0.15) is 0 Å². The van der Waals surface area contributed by atoms with E-state index in [4.69, 9.17) is 4.42 Å². The van der Waals surface area contributed by atoms with Crippen LogP contribution in [0.4, 0.5) is 0 Å². The van der Waals surface area contributed by atoms with Crippen molar-refractivity contribution in [1.29, 1.82) is 0 Å². The lowest BCUT2D eigenvalue weighted by atomic mass is 9.90. The fourth-order valence-corrected chi connectivity index (χ4v) is 2.38. The monoisotopic (exact) mass is 281 g/mol. The molecule has 1 aromatic rings. The molecule has 1 fully saturated rings. The van der Waals surface area contributed by atoms with Gasteiger partial charge in [0.15, 0.2) is 0 Å². The number of carbonyl (C=O) groups is 1. The van der Waals surface area contributed by atoms with E-state index in [2.05, 4.69) is 0 Å². The van der Waals surface area contributed by atoms with Gasteiger partial charge >= 0.3 is 0 Å². The third-order valence-electron chi connectivity index (χ3n) is 4.02. The first-order valence-electron chi connectivity index (χ1n) is 7.02. The number of amides is 1. The molecule has 0 bridgehead atoms. The topological polar surface area (TPSA) is 73.9 Å². The summed E-state index contributed by atoms with van der Waals surface area (Å²) in [5.74, 6) is 1.47. The minimum Gasteiger partial charge on any atom is -0.465 e. The fourth-order valence-electron chi connectivity index (χ4n) is 2.38. The van der Waals surface area contributed by atoms with Crippen LogP contribution >= 0.6 is 0 Å². The molecule has 2 rings (SSSR count). The highest BCUT2D eigenvalue weighted by molar-refractivity contribution is 5.95. The molecular formula is C15H23NO4. The van der Waals surface area contributed by atoms with Gasteiger partial charge in [0.2, 0.25) is 0 Å². The Hall–Kier alpha value is -1.33. The second-order valence-corrected chi connectivity index (χ2v) is 6.15. The van der Waals surface area contributed by atoms with E-state index in [-0.39, 0.29) is 18.4 Å². The van der Waals surface area contributed by atoms with Gasteiger partial charge in [0, 0.05) is 19.0 Å². The van der Waals surface area contributed by atoms with E-state index in [1.54, 1.807) is 24.8 Å². The number of rotatable bonds is 2.